The zero-order valence-corrected chi connectivity index (χ0v) is 38.3. The lowest BCUT2D eigenvalue weighted by molar-refractivity contribution is -0.165. The van der Waals surface area contributed by atoms with Crippen molar-refractivity contribution in [1.82, 2.24) is 0 Å². The van der Waals surface area contributed by atoms with Crippen LogP contribution in [0, 0.1) is 36.5 Å². The van der Waals surface area contributed by atoms with E-state index >= 15 is 0 Å². The predicted molar refractivity (Wildman–Crippen MR) is 220 cm³/mol. The molecule has 0 amide bonds. The van der Waals surface area contributed by atoms with Crippen LogP contribution in [0.5, 0.6) is 17.2 Å². The molecule has 2 aliphatic heterocycles. The molecule has 1 saturated heterocycles. The number of aliphatic hydroxyl groups excluding tert-OH is 1. The molecule has 294 valence electrons. The van der Waals surface area contributed by atoms with Gasteiger partial charge in [0.2, 0.25) is 0 Å². The molecule has 1 fully saturated rings. The first-order chi connectivity index (χ1) is 23.3. The van der Waals surface area contributed by atoms with Crippen LogP contribution in [-0.4, -0.2) is 54.3 Å². The van der Waals surface area contributed by atoms with Crippen molar-refractivity contribution in [3.05, 3.63) is 28.3 Å². The lowest BCUT2D eigenvalue weighted by Crippen LogP contribution is -2.53. The summed E-state index contributed by atoms with van der Waals surface area (Å²) in [4.78, 5) is 0. The van der Waals surface area contributed by atoms with Crippen LogP contribution in [-0.2, 0) is 15.6 Å². The number of hydrogen-bond donors (Lipinski definition) is 1. The molecule has 2 heterocycles. The highest BCUT2D eigenvalue weighted by Crippen LogP contribution is 2.55. The van der Waals surface area contributed by atoms with Gasteiger partial charge in [-0.15, -0.1) is 0 Å². The number of rotatable bonds is 6. The van der Waals surface area contributed by atoms with Crippen molar-refractivity contribution in [2.45, 2.75) is 183 Å². The summed E-state index contributed by atoms with van der Waals surface area (Å²) in [5.74, 6) is 3.43. The molecule has 3 rings (SSSR count). The van der Waals surface area contributed by atoms with Gasteiger partial charge in [-0.25, -0.2) is 0 Å². The minimum atomic E-state index is -2.38. The molecule has 1 N–H and O–H groups in total. The number of fused-ring (bicyclic) bond motifs is 4. The molecule has 2 bridgehead atoms. The van der Waals surface area contributed by atoms with Crippen LogP contribution in [0.25, 0.3) is 0 Å². The highest BCUT2D eigenvalue weighted by molar-refractivity contribution is 6.75. The number of benzene rings is 1. The quantitative estimate of drug-likeness (QED) is 0.231. The van der Waals surface area contributed by atoms with Gasteiger partial charge in [0, 0.05) is 34.9 Å². The topological polar surface area (TPSA) is 66.4 Å². The van der Waals surface area contributed by atoms with E-state index in [2.05, 4.69) is 122 Å². The number of aliphatic hydroxyl groups is 1. The summed E-state index contributed by atoms with van der Waals surface area (Å²) in [6, 6.07) is 0. The fourth-order valence-electron chi connectivity index (χ4n) is 8.01. The minimum Gasteiger partial charge on any atom is -0.541 e. The fraction of sp³-hybridized carbons (Fsp3) is 0.814. The monoisotopic (exact) mass is 747 g/mol. The zero-order valence-electron chi connectivity index (χ0n) is 36.3. The van der Waals surface area contributed by atoms with Gasteiger partial charge in [0.1, 0.15) is 5.75 Å². The van der Waals surface area contributed by atoms with Crippen molar-refractivity contribution in [1.29, 1.82) is 0 Å². The second-order valence-electron chi connectivity index (χ2n) is 19.8. The van der Waals surface area contributed by atoms with Gasteiger partial charge >= 0.3 is 0 Å². The Morgan fingerprint density at radius 3 is 1.86 bits per heavy atom. The van der Waals surface area contributed by atoms with Gasteiger partial charge in [0.25, 0.3) is 8.32 Å². The van der Waals surface area contributed by atoms with Crippen LogP contribution in [0.2, 0.25) is 36.3 Å². The number of ether oxygens (including phenoxy) is 3. The summed E-state index contributed by atoms with van der Waals surface area (Å²) in [6.45, 7) is 39.0. The van der Waals surface area contributed by atoms with E-state index in [-0.39, 0.29) is 46.1 Å². The van der Waals surface area contributed by atoms with Gasteiger partial charge in [-0.05, 0) is 93.5 Å². The average Bonchev–Trinajstić information content (AvgIpc) is 2.97. The van der Waals surface area contributed by atoms with E-state index < -0.39 is 22.7 Å². The molecule has 8 heteroatoms. The second kappa shape index (κ2) is 16.6. The third-order valence-electron chi connectivity index (χ3n) is 13.2. The molecular weight excluding hydrogens is 669 g/mol. The minimum absolute atomic E-state index is 0.0102. The van der Waals surface area contributed by atoms with Crippen LogP contribution in [0.15, 0.2) is 11.6 Å². The Hall–Kier alpha value is -1.33. The maximum absolute atomic E-state index is 12.1. The number of allylic oxidation sites excluding steroid dienone is 2. The summed E-state index contributed by atoms with van der Waals surface area (Å²) in [6.07, 6.45) is 5.94. The maximum Gasteiger partial charge on any atom is 0.250 e. The zero-order chi connectivity index (χ0) is 39.0. The Balaban J connectivity index is 2.45. The number of hydrogen-bond acceptors (Lipinski definition) is 6. The first-order valence-electron chi connectivity index (χ1n) is 19.9. The van der Waals surface area contributed by atoms with Crippen LogP contribution < -0.4 is 13.9 Å². The average molecular weight is 747 g/mol. The normalized spacial score (nSPS) is 31.7. The molecule has 1 aromatic carbocycles. The Bertz CT molecular complexity index is 1360. The molecule has 0 saturated carbocycles. The van der Waals surface area contributed by atoms with Crippen molar-refractivity contribution in [2.24, 2.45) is 29.6 Å². The van der Waals surface area contributed by atoms with E-state index in [1.165, 1.54) is 5.57 Å². The third-order valence-corrected chi connectivity index (χ3v) is 22.0. The molecule has 0 unspecified atom stereocenters. The van der Waals surface area contributed by atoms with E-state index in [9.17, 15) is 5.11 Å². The van der Waals surface area contributed by atoms with Gasteiger partial charge in [-0.2, -0.15) is 0 Å². The van der Waals surface area contributed by atoms with Crippen molar-refractivity contribution in [3.8, 4) is 17.2 Å². The lowest BCUT2D eigenvalue weighted by atomic mass is 9.76. The van der Waals surface area contributed by atoms with E-state index in [0.29, 0.717) is 24.0 Å². The van der Waals surface area contributed by atoms with Crippen molar-refractivity contribution in [2.75, 3.05) is 14.2 Å². The van der Waals surface area contributed by atoms with E-state index in [1.807, 2.05) is 0 Å². The highest BCUT2D eigenvalue weighted by atomic mass is 28.4. The molecule has 6 nitrogen and oxygen atoms in total. The van der Waals surface area contributed by atoms with Gasteiger partial charge in [-0.3, -0.25) is 0 Å². The van der Waals surface area contributed by atoms with Crippen molar-refractivity contribution >= 4 is 16.6 Å². The van der Waals surface area contributed by atoms with Crippen LogP contribution in [0.3, 0.4) is 0 Å². The number of methoxy groups -OCH3 is 2. The SMILES string of the molecule is COc1c(C)c(OC)c(O[Si](C)(C)C(C)(C)C)c2c1C[C@H](O)[C@@H](C)C[C@H](C)C/C(C)=C/[C@@H](C)CC[C@H]1O[C@@H]2[C@H](C)[C@@H](O[Si](C)(C)C(C)(C)C)[C@H]1C. The molecular formula is C43H78O6Si2. The van der Waals surface area contributed by atoms with Crippen LogP contribution in [0.4, 0.5) is 0 Å². The Morgan fingerprint density at radius 2 is 1.33 bits per heavy atom. The van der Waals surface area contributed by atoms with Crippen molar-refractivity contribution in [3.63, 3.8) is 0 Å². The smallest absolute Gasteiger partial charge is 0.250 e. The van der Waals surface area contributed by atoms with Crippen molar-refractivity contribution < 1.29 is 28.2 Å². The standard InChI is InChI=1S/C43H78O6Si2/c1-26-20-21-35-30(5)37(48-50(16,17)42(8,9)10)31(6)39(47-35)36-33(25-34(44)29(4)24-28(3)23-27(2)22-26)38(45-14)32(7)40(46-15)41(36)49-51(18,19)43(11,12)13/h22,26,28-31,34-35,37,39,44H,20-21,23-25H2,1-19H3/b27-22+/t26-,28+,29-,30-,31+,34-,35+,37-,39+/m0/s1. The summed E-state index contributed by atoms with van der Waals surface area (Å²) < 4.78 is 34.9. The van der Waals surface area contributed by atoms with Crippen LogP contribution >= 0.6 is 0 Å². The van der Waals surface area contributed by atoms with Gasteiger partial charge < -0.3 is 28.2 Å². The van der Waals surface area contributed by atoms with Gasteiger partial charge in [0.05, 0.1) is 38.6 Å². The molecule has 0 aliphatic carbocycles. The first-order valence-corrected chi connectivity index (χ1v) is 25.7. The Labute approximate surface area is 316 Å². The molecule has 9 atom stereocenters. The summed E-state index contributed by atoms with van der Waals surface area (Å²) in [5, 5.41) is 12.1. The second-order valence-corrected chi connectivity index (χ2v) is 29.3. The highest BCUT2D eigenvalue weighted by Gasteiger charge is 2.50. The molecule has 51 heavy (non-hydrogen) atoms. The predicted octanol–water partition coefficient (Wildman–Crippen LogP) is 11.8. The lowest BCUT2D eigenvalue weighted by Gasteiger charge is -2.50. The third kappa shape index (κ3) is 9.87. The maximum atomic E-state index is 12.1. The molecule has 1 aromatic rings. The Kier molecular flexibility index (Phi) is 14.3. The summed E-state index contributed by atoms with van der Waals surface area (Å²) in [5.41, 5.74) is 4.29. The van der Waals surface area contributed by atoms with E-state index in [0.717, 1.165) is 53.9 Å². The largest absolute Gasteiger partial charge is 0.541 e. The molecule has 2 aliphatic rings. The fourth-order valence-corrected chi connectivity index (χ4v) is 10.5. The Morgan fingerprint density at radius 1 is 0.765 bits per heavy atom. The summed E-state index contributed by atoms with van der Waals surface area (Å²) in [7, 11) is -1.07. The van der Waals surface area contributed by atoms with E-state index in [1.54, 1.807) is 14.2 Å². The van der Waals surface area contributed by atoms with Gasteiger partial charge in [0.15, 0.2) is 19.8 Å². The van der Waals surface area contributed by atoms with Crippen LogP contribution in [0.1, 0.15) is 132 Å². The summed E-state index contributed by atoms with van der Waals surface area (Å²) >= 11 is 0. The van der Waals surface area contributed by atoms with Gasteiger partial charge in [-0.1, -0.05) is 87.8 Å². The molecule has 0 aromatic heterocycles. The molecule has 0 radical (unpaired) electrons. The first kappa shape index (κ1) is 44.1. The van der Waals surface area contributed by atoms with E-state index in [4.69, 9.17) is 23.1 Å². The molecule has 0 spiro atoms.